The standard InChI is InChI=1S/C28H61IO5Si3/c1-25(2,3)32-24-23(34-37(17,18)28(10,11)12)22(33-36(15,16)27(7,8)9)21(29)20(31-24)19-30-35(13,14)26(4,5)6/h20-24H,19H2,1-18H3/t20-,21-,22+,23-,24-/m1/s1. The molecule has 0 saturated carbocycles. The van der Waals surface area contributed by atoms with E-state index in [1.165, 1.54) is 0 Å². The highest BCUT2D eigenvalue weighted by atomic mass is 127. The monoisotopic (exact) mass is 688 g/mol. The van der Waals surface area contributed by atoms with Gasteiger partial charge >= 0.3 is 0 Å². The Morgan fingerprint density at radius 2 is 1.00 bits per heavy atom. The summed E-state index contributed by atoms with van der Waals surface area (Å²) in [6, 6.07) is 0. The van der Waals surface area contributed by atoms with Crippen LogP contribution in [0.5, 0.6) is 0 Å². The van der Waals surface area contributed by atoms with Gasteiger partial charge in [0, 0.05) is 0 Å². The zero-order valence-electron chi connectivity index (χ0n) is 27.5. The highest BCUT2D eigenvalue weighted by Crippen LogP contribution is 2.45. The van der Waals surface area contributed by atoms with Crippen LogP contribution >= 0.6 is 22.6 Å². The third kappa shape index (κ3) is 9.62. The van der Waals surface area contributed by atoms with Gasteiger partial charge in [0.15, 0.2) is 31.2 Å². The van der Waals surface area contributed by atoms with Crippen LogP contribution in [0.1, 0.15) is 83.1 Å². The maximum Gasteiger partial charge on any atom is 0.192 e. The molecule has 0 aromatic heterocycles. The normalized spacial score (nSPS) is 27.5. The van der Waals surface area contributed by atoms with E-state index < -0.39 is 31.2 Å². The second-order valence-corrected chi connectivity index (χ2v) is 32.2. The van der Waals surface area contributed by atoms with Crippen molar-refractivity contribution < 1.29 is 22.8 Å². The molecule has 0 spiro atoms. The van der Waals surface area contributed by atoms with Crippen LogP contribution in [0.2, 0.25) is 54.4 Å². The molecule has 1 rings (SSSR count). The minimum atomic E-state index is -2.15. The SMILES string of the molecule is CC(C)(C)O[C@H]1O[C@H](CO[Si](C)(C)C(C)(C)C)[C@@H](I)[C@H](O[Si](C)(C)C(C)(C)C)[C@H]1O[Si](C)(C)C(C)(C)C. The van der Waals surface area contributed by atoms with Crippen molar-refractivity contribution in [1.29, 1.82) is 0 Å². The molecular formula is C28H61IO5Si3. The summed E-state index contributed by atoms with van der Waals surface area (Å²) < 4.78 is 34.5. The number of hydrogen-bond donors (Lipinski definition) is 0. The third-order valence-electron chi connectivity index (χ3n) is 8.93. The first-order valence-corrected chi connectivity index (χ1v) is 24.0. The second-order valence-electron chi connectivity index (χ2n) is 16.5. The molecule has 1 aliphatic heterocycles. The first-order valence-electron chi connectivity index (χ1n) is 14.0. The van der Waals surface area contributed by atoms with Gasteiger partial charge in [0.25, 0.3) is 0 Å². The van der Waals surface area contributed by atoms with Crippen LogP contribution < -0.4 is 0 Å². The molecule has 37 heavy (non-hydrogen) atoms. The summed E-state index contributed by atoms with van der Waals surface area (Å²) >= 11 is 2.54. The van der Waals surface area contributed by atoms with Crippen molar-refractivity contribution in [1.82, 2.24) is 0 Å². The van der Waals surface area contributed by atoms with Gasteiger partial charge in [-0.15, -0.1) is 0 Å². The number of ether oxygens (including phenoxy) is 2. The van der Waals surface area contributed by atoms with E-state index in [0.29, 0.717) is 6.61 Å². The molecule has 0 N–H and O–H groups in total. The fourth-order valence-corrected chi connectivity index (χ4v) is 8.06. The molecule has 0 aliphatic carbocycles. The average molecular weight is 689 g/mol. The molecule has 0 bridgehead atoms. The Hall–Kier alpha value is 1.18. The predicted octanol–water partition coefficient (Wildman–Crippen LogP) is 9.13. The van der Waals surface area contributed by atoms with Crippen molar-refractivity contribution in [2.24, 2.45) is 0 Å². The smallest absolute Gasteiger partial charge is 0.192 e. The molecule has 1 heterocycles. The number of halogens is 1. The van der Waals surface area contributed by atoms with Crippen molar-refractivity contribution in [3.05, 3.63) is 0 Å². The van der Waals surface area contributed by atoms with Crippen LogP contribution in [0.25, 0.3) is 0 Å². The van der Waals surface area contributed by atoms with Gasteiger partial charge in [-0.05, 0) is 75.2 Å². The molecule has 5 atom stereocenters. The molecule has 9 heteroatoms. The predicted molar refractivity (Wildman–Crippen MR) is 175 cm³/mol. The van der Waals surface area contributed by atoms with Crippen LogP contribution in [0.3, 0.4) is 0 Å². The number of hydrogen-bond acceptors (Lipinski definition) is 5. The molecular weight excluding hydrogens is 627 g/mol. The van der Waals surface area contributed by atoms with Crippen molar-refractivity contribution in [3.63, 3.8) is 0 Å². The first kappa shape index (κ1) is 36.2. The Morgan fingerprint density at radius 3 is 1.35 bits per heavy atom. The van der Waals surface area contributed by atoms with Crippen LogP contribution in [-0.2, 0) is 22.8 Å². The van der Waals surface area contributed by atoms with Gasteiger partial charge in [0.1, 0.15) is 6.10 Å². The van der Waals surface area contributed by atoms with E-state index >= 15 is 0 Å². The van der Waals surface area contributed by atoms with E-state index in [1.54, 1.807) is 0 Å². The second kappa shape index (κ2) is 11.8. The Bertz CT molecular complexity index is 745. The highest BCUT2D eigenvalue weighted by molar-refractivity contribution is 14.1. The van der Waals surface area contributed by atoms with E-state index in [4.69, 9.17) is 22.8 Å². The Labute approximate surface area is 247 Å². The molecule has 1 aliphatic rings. The van der Waals surface area contributed by atoms with E-state index in [2.05, 4.69) is 145 Å². The lowest BCUT2D eigenvalue weighted by Gasteiger charge is -2.52. The largest absolute Gasteiger partial charge is 0.414 e. The summed E-state index contributed by atoms with van der Waals surface area (Å²) in [5.74, 6) is 0. The summed E-state index contributed by atoms with van der Waals surface area (Å²) in [7, 11) is -6.21. The lowest BCUT2D eigenvalue weighted by atomic mass is 10.0. The molecule has 1 fully saturated rings. The maximum atomic E-state index is 7.23. The summed E-state index contributed by atoms with van der Waals surface area (Å²) in [5, 5.41) is 0.273. The lowest BCUT2D eigenvalue weighted by Crippen LogP contribution is -2.65. The molecule has 0 aromatic carbocycles. The van der Waals surface area contributed by atoms with Crippen molar-refractivity contribution in [3.8, 4) is 0 Å². The summed E-state index contributed by atoms with van der Waals surface area (Å²) in [5.41, 5.74) is -0.385. The third-order valence-corrected chi connectivity index (χ3v) is 23.9. The van der Waals surface area contributed by atoms with E-state index in [0.717, 1.165) is 0 Å². The van der Waals surface area contributed by atoms with Crippen molar-refractivity contribution in [2.45, 2.75) is 172 Å². The molecule has 0 amide bonds. The van der Waals surface area contributed by atoms with Gasteiger partial charge in [-0.2, -0.15) is 0 Å². The summed E-state index contributed by atoms with van der Waals surface area (Å²) in [6.45, 7) is 41.2. The zero-order valence-corrected chi connectivity index (χ0v) is 32.7. The van der Waals surface area contributed by atoms with Gasteiger partial charge in [-0.1, -0.05) is 84.9 Å². The Kier molecular flexibility index (Phi) is 11.6. The van der Waals surface area contributed by atoms with Gasteiger partial charge in [0.2, 0.25) is 0 Å². The van der Waals surface area contributed by atoms with E-state index in [-0.39, 0.29) is 43.0 Å². The molecule has 0 radical (unpaired) electrons. The quantitative estimate of drug-likeness (QED) is 0.145. The van der Waals surface area contributed by atoms with Gasteiger partial charge in [-0.25, -0.2) is 0 Å². The first-order chi connectivity index (χ1) is 16.0. The highest BCUT2D eigenvalue weighted by Gasteiger charge is 2.54. The van der Waals surface area contributed by atoms with Crippen molar-refractivity contribution >= 4 is 47.5 Å². The zero-order chi connectivity index (χ0) is 29.6. The number of alkyl halides is 1. The fraction of sp³-hybridized carbons (Fsp3) is 1.00. The van der Waals surface area contributed by atoms with E-state index in [1.807, 2.05) is 0 Å². The average Bonchev–Trinajstić information content (AvgIpc) is 2.61. The van der Waals surface area contributed by atoms with Crippen LogP contribution in [0.15, 0.2) is 0 Å². The molecule has 1 saturated heterocycles. The summed E-state index contributed by atoms with van der Waals surface area (Å²) in [6.07, 6.45) is -1.12. The summed E-state index contributed by atoms with van der Waals surface area (Å²) in [4.78, 5) is 0. The molecule has 0 unspecified atom stereocenters. The Balaban J connectivity index is 3.55. The van der Waals surface area contributed by atoms with Crippen molar-refractivity contribution in [2.75, 3.05) is 6.61 Å². The fourth-order valence-electron chi connectivity index (χ4n) is 3.24. The molecule has 0 aromatic rings. The molecule has 5 nitrogen and oxygen atoms in total. The lowest BCUT2D eigenvalue weighted by molar-refractivity contribution is -0.286. The van der Waals surface area contributed by atoms with Gasteiger partial charge < -0.3 is 22.8 Å². The Morgan fingerprint density at radius 1 is 0.622 bits per heavy atom. The van der Waals surface area contributed by atoms with Gasteiger partial charge in [-0.3, -0.25) is 0 Å². The topological polar surface area (TPSA) is 46.2 Å². The number of rotatable bonds is 8. The van der Waals surface area contributed by atoms with Gasteiger partial charge in [0.05, 0.1) is 28.3 Å². The molecule has 222 valence electrons. The van der Waals surface area contributed by atoms with E-state index in [9.17, 15) is 0 Å². The van der Waals surface area contributed by atoms with Crippen LogP contribution in [0, 0.1) is 0 Å². The van der Waals surface area contributed by atoms with Crippen LogP contribution in [-0.4, -0.2) is 65.7 Å². The maximum absolute atomic E-state index is 7.23. The minimum Gasteiger partial charge on any atom is -0.414 e. The van der Waals surface area contributed by atoms with Crippen LogP contribution in [0.4, 0.5) is 0 Å². The minimum absolute atomic E-state index is 0.0594.